The Kier molecular flexibility index (Phi) is 5.38. The average molecular weight is 624 g/mol. The van der Waals surface area contributed by atoms with Gasteiger partial charge in [-0.05, 0) is 65.4 Å². The Morgan fingerprint density at radius 2 is 0.592 bits per heavy atom. The number of para-hydroxylation sites is 5. The largest absolute Gasteiger partial charge is 0.309 e. The highest BCUT2D eigenvalue weighted by atomic mass is 15.1. The van der Waals surface area contributed by atoms with Crippen LogP contribution in [0.4, 0.5) is 0 Å². The fourth-order valence-electron chi connectivity index (χ4n) is 8.48. The molecule has 0 radical (unpaired) electrons. The van der Waals surface area contributed by atoms with Crippen LogP contribution in [0.5, 0.6) is 0 Å². The molecule has 0 aliphatic heterocycles. The predicted octanol–water partition coefficient (Wildman–Crippen LogP) is 12.1. The lowest BCUT2D eigenvalue weighted by atomic mass is 9.98. The summed E-state index contributed by atoms with van der Waals surface area (Å²) in [5, 5.41) is 10.2. The lowest BCUT2D eigenvalue weighted by Crippen LogP contribution is -2.00. The molecule has 0 aliphatic rings. The molecular weight excluding hydrogens is 595 g/mol. The fourth-order valence-corrected chi connectivity index (χ4v) is 8.48. The first-order chi connectivity index (χ1) is 24.4. The number of benzene rings is 8. The Morgan fingerprint density at radius 1 is 0.245 bits per heavy atom. The molecule has 0 aliphatic carbocycles. The Labute approximate surface area is 282 Å². The van der Waals surface area contributed by atoms with Gasteiger partial charge in [-0.3, -0.25) is 0 Å². The third-order valence-electron chi connectivity index (χ3n) is 10.4. The zero-order valence-electron chi connectivity index (χ0n) is 26.6. The number of fused-ring (bicyclic) bond motifs is 13. The van der Waals surface area contributed by atoms with Gasteiger partial charge in [0, 0.05) is 49.4 Å². The zero-order chi connectivity index (χ0) is 32.1. The molecule has 3 nitrogen and oxygen atoms in total. The molecule has 0 saturated heterocycles. The van der Waals surface area contributed by atoms with E-state index < -0.39 is 0 Å². The summed E-state index contributed by atoms with van der Waals surface area (Å²) in [6.07, 6.45) is 0. The topological polar surface area (TPSA) is 14.8 Å². The van der Waals surface area contributed by atoms with Gasteiger partial charge in [-0.2, -0.15) is 0 Å². The first kappa shape index (κ1) is 26.5. The first-order valence-corrected chi connectivity index (χ1v) is 16.9. The normalized spacial score (nSPS) is 12.1. The van der Waals surface area contributed by atoms with Gasteiger partial charge in [0.25, 0.3) is 0 Å². The van der Waals surface area contributed by atoms with Crippen LogP contribution in [-0.4, -0.2) is 13.7 Å². The van der Waals surface area contributed by atoms with Gasteiger partial charge in [0.2, 0.25) is 0 Å². The number of aromatic nitrogens is 3. The van der Waals surface area contributed by atoms with Gasteiger partial charge >= 0.3 is 0 Å². The number of rotatable bonds is 3. The molecule has 8 aromatic carbocycles. The molecule has 0 saturated carbocycles. The number of nitrogens with zero attached hydrogens (tertiary/aromatic N) is 3. The van der Waals surface area contributed by atoms with Crippen LogP contribution >= 0.6 is 0 Å². The van der Waals surface area contributed by atoms with Crippen LogP contribution in [0.25, 0.3) is 93.3 Å². The summed E-state index contributed by atoms with van der Waals surface area (Å²) in [5.41, 5.74) is 10.7. The highest BCUT2D eigenvalue weighted by Crippen LogP contribution is 2.46. The minimum atomic E-state index is 1.13. The molecule has 0 amide bonds. The van der Waals surface area contributed by atoms with Gasteiger partial charge in [0.1, 0.15) is 0 Å². The standard InChI is InChI=1S/C46H29N3/c1-2-15-30(16-3-1)48-41-27-12-8-23-37(41)43-35-21-4-5-22-36(35)44-38-24-9-13-28-42(38)49(46(44)45(43)48)32-18-14-17-31(29-32)47-39-25-10-6-19-33(39)34-20-7-11-26-40(34)47/h1-29H. The average Bonchev–Trinajstić information content (AvgIpc) is 3.82. The van der Waals surface area contributed by atoms with Crippen molar-refractivity contribution >= 4 is 76.2 Å². The summed E-state index contributed by atoms with van der Waals surface area (Å²) in [6.45, 7) is 0. The Hall–Kier alpha value is -6.58. The quantitative estimate of drug-likeness (QED) is 0.186. The lowest BCUT2D eigenvalue weighted by Gasteiger charge is -2.15. The van der Waals surface area contributed by atoms with Crippen molar-refractivity contribution in [2.45, 2.75) is 0 Å². The monoisotopic (exact) mass is 623 g/mol. The third-order valence-corrected chi connectivity index (χ3v) is 10.4. The van der Waals surface area contributed by atoms with Crippen LogP contribution in [0.15, 0.2) is 176 Å². The molecule has 0 unspecified atom stereocenters. The molecule has 3 heteroatoms. The van der Waals surface area contributed by atoms with E-state index in [9.17, 15) is 0 Å². The van der Waals surface area contributed by atoms with Crippen LogP contribution in [-0.2, 0) is 0 Å². The van der Waals surface area contributed by atoms with E-state index in [0.29, 0.717) is 0 Å². The molecule has 11 aromatic rings. The van der Waals surface area contributed by atoms with Crippen molar-refractivity contribution in [3.05, 3.63) is 176 Å². The van der Waals surface area contributed by atoms with Gasteiger partial charge < -0.3 is 13.7 Å². The number of hydrogen-bond acceptors (Lipinski definition) is 0. The van der Waals surface area contributed by atoms with Crippen LogP contribution in [0.1, 0.15) is 0 Å². The van der Waals surface area contributed by atoms with Crippen molar-refractivity contribution in [3.8, 4) is 17.1 Å². The second-order valence-electron chi connectivity index (χ2n) is 12.9. The van der Waals surface area contributed by atoms with Crippen molar-refractivity contribution in [1.29, 1.82) is 0 Å². The Balaban J connectivity index is 1.35. The predicted molar refractivity (Wildman–Crippen MR) is 207 cm³/mol. The summed E-state index contributed by atoms with van der Waals surface area (Å²) in [6, 6.07) is 64.1. The van der Waals surface area contributed by atoms with Crippen molar-refractivity contribution in [2.24, 2.45) is 0 Å². The maximum atomic E-state index is 2.51. The van der Waals surface area contributed by atoms with E-state index in [1.165, 1.54) is 76.2 Å². The summed E-state index contributed by atoms with van der Waals surface area (Å²) in [4.78, 5) is 0. The summed E-state index contributed by atoms with van der Waals surface area (Å²) in [5.74, 6) is 0. The Morgan fingerprint density at radius 3 is 1.10 bits per heavy atom. The molecule has 0 fully saturated rings. The summed E-state index contributed by atoms with van der Waals surface area (Å²) >= 11 is 0. The smallest absolute Gasteiger partial charge is 0.0795 e. The summed E-state index contributed by atoms with van der Waals surface area (Å²) < 4.78 is 7.40. The van der Waals surface area contributed by atoms with E-state index >= 15 is 0 Å². The molecule has 11 rings (SSSR count). The van der Waals surface area contributed by atoms with Crippen molar-refractivity contribution < 1.29 is 0 Å². The van der Waals surface area contributed by atoms with Gasteiger partial charge in [-0.15, -0.1) is 0 Å². The van der Waals surface area contributed by atoms with Crippen molar-refractivity contribution in [3.63, 3.8) is 0 Å². The maximum Gasteiger partial charge on any atom is 0.0795 e. The molecule has 3 aromatic heterocycles. The zero-order valence-corrected chi connectivity index (χ0v) is 26.6. The number of hydrogen-bond donors (Lipinski definition) is 0. The van der Waals surface area contributed by atoms with Gasteiger partial charge in [0.15, 0.2) is 0 Å². The minimum Gasteiger partial charge on any atom is -0.309 e. The second-order valence-corrected chi connectivity index (χ2v) is 12.9. The van der Waals surface area contributed by atoms with E-state index in [-0.39, 0.29) is 0 Å². The van der Waals surface area contributed by atoms with Gasteiger partial charge in [-0.1, -0.05) is 121 Å². The van der Waals surface area contributed by atoms with Crippen LogP contribution in [0.3, 0.4) is 0 Å². The highest BCUT2D eigenvalue weighted by Gasteiger charge is 2.24. The third kappa shape index (κ3) is 3.56. The minimum absolute atomic E-state index is 1.13. The van der Waals surface area contributed by atoms with E-state index in [0.717, 1.165) is 17.1 Å². The molecular formula is C46H29N3. The van der Waals surface area contributed by atoms with E-state index in [2.05, 4.69) is 190 Å². The van der Waals surface area contributed by atoms with Crippen molar-refractivity contribution in [1.82, 2.24) is 13.7 Å². The van der Waals surface area contributed by atoms with Gasteiger partial charge in [-0.25, -0.2) is 0 Å². The molecule has 0 spiro atoms. The van der Waals surface area contributed by atoms with Gasteiger partial charge in [0.05, 0.1) is 33.1 Å². The molecule has 0 bridgehead atoms. The molecule has 228 valence electrons. The maximum absolute atomic E-state index is 2.51. The van der Waals surface area contributed by atoms with E-state index in [4.69, 9.17) is 0 Å². The summed E-state index contributed by atoms with van der Waals surface area (Å²) in [7, 11) is 0. The first-order valence-electron chi connectivity index (χ1n) is 16.9. The van der Waals surface area contributed by atoms with Crippen LogP contribution < -0.4 is 0 Å². The fraction of sp³-hybridized carbons (Fsp3) is 0. The second kappa shape index (κ2) is 9.96. The molecule has 49 heavy (non-hydrogen) atoms. The highest BCUT2D eigenvalue weighted by molar-refractivity contribution is 6.36. The van der Waals surface area contributed by atoms with Crippen molar-refractivity contribution in [2.75, 3.05) is 0 Å². The molecule has 3 heterocycles. The SMILES string of the molecule is c1ccc(-n2c3ccccc3c3c4ccccc4c4c5ccccc5n(-c5cccc(-n6c7ccccc7c7ccccc76)c5)c4c32)cc1. The lowest BCUT2D eigenvalue weighted by molar-refractivity contribution is 1.13. The van der Waals surface area contributed by atoms with E-state index in [1.54, 1.807) is 0 Å². The molecule has 0 atom stereocenters. The van der Waals surface area contributed by atoms with Crippen LogP contribution in [0, 0.1) is 0 Å². The molecule has 0 N–H and O–H groups in total. The van der Waals surface area contributed by atoms with Crippen LogP contribution in [0.2, 0.25) is 0 Å². The van der Waals surface area contributed by atoms with E-state index in [1.807, 2.05) is 0 Å². The Bertz CT molecular complexity index is 3050.